The van der Waals surface area contributed by atoms with Gasteiger partial charge in [-0.3, -0.25) is 0 Å². The molecule has 0 saturated carbocycles. The van der Waals surface area contributed by atoms with Gasteiger partial charge in [-0.1, -0.05) is 13.8 Å². The molecule has 2 nitrogen and oxygen atoms in total. The third-order valence-corrected chi connectivity index (χ3v) is 3.55. The van der Waals surface area contributed by atoms with Crippen molar-refractivity contribution in [3.63, 3.8) is 0 Å². The van der Waals surface area contributed by atoms with E-state index in [2.05, 4.69) is 51.8 Å². The van der Waals surface area contributed by atoms with Crippen molar-refractivity contribution in [2.24, 2.45) is 5.41 Å². The van der Waals surface area contributed by atoms with Gasteiger partial charge in [-0.05, 0) is 59.0 Å². The Labute approximate surface area is 102 Å². The molecular formula is C14H30N2. The molecule has 1 atom stereocenters. The van der Waals surface area contributed by atoms with Crippen LogP contribution in [0, 0.1) is 5.41 Å². The lowest BCUT2D eigenvalue weighted by Crippen LogP contribution is -2.40. The highest BCUT2D eigenvalue weighted by atomic mass is 15.2. The Morgan fingerprint density at radius 1 is 1.31 bits per heavy atom. The zero-order valence-electron chi connectivity index (χ0n) is 12.1. The van der Waals surface area contributed by atoms with Gasteiger partial charge in [0.2, 0.25) is 0 Å². The second kappa shape index (κ2) is 5.05. The summed E-state index contributed by atoms with van der Waals surface area (Å²) in [5, 5.41) is 3.57. The van der Waals surface area contributed by atoms with Crippen LogP contribution in [0.1, 0.15) is 54.4 Å². The molecule has 1 aliphatic rings. The molecule has 0 aromatic rings. The first-order valence-corrected chi connectivity index (χ1v) is 6.69. The molecule has 1 fully saturated rings. The highest BCUT2D eigenvalue weighted by Gasteiger charge is 2.31. The molecule has 0 bridgehead atoms. The largest absolute Gasteiger partial charge is 0.312 e. The molecular weight excluding hydrogens is 196 g/mol. The first kappa shape index (κ1) is 14.0. The fourth-order valence-electron chi connectivity index (χ4n) is 2.37. The Bertz CT molecular complexity index is 215. The standard InChI is InChI=1S/C14H30N2/c1-12(7-9-15-13(2,3)4)16-10-8-14(5,6)11-16/h12,15H,7-11H2,1-6H3. The SMILES string of the molecule is CC(CCNC(C)(C)C)N1CCC(C)(C)C1. The predicted octanol–water partition coefficient (Wildman–Crippen LogP) is 2.89. The van der Waals surface area contributed by atoms with Gasteiger partial charge in [0.25, 0.3) is 0 Å². The van der Waals surface area contributed by atoms with Crippen molar-refractivity contribution in [1.29, 1.82) is 0 Å². The van der Waals surface area contributed by atoms with E-state index in [-0.39, 0.29) is 5.54 Å². The van der Waals surface area contributed by atoms with E-state index in [1.807, 2.05) is 0 Å². The Morgan fingerprint density at radius 3 is 2.38 bits per heavy atom. The van der Waals surface area contributed by atoms with E-state index in [0.29, 0.717) is 5.41 Å². The van der Waals surface area contributed by atoms with Gasteiger partial charge >= 0.3 is 0 Å². The minimum atomic E-state index is 0.254. The number of nitrogens with one attached hydrogen (secondary N) is 1. The summed E-state index contributed by atoms with van der Waals surface area (Å²) in [5.74, 6) is 0. The van der Waals surface area contributed by atoms with Gasteiger partial charge in [0.15, 0.2) is 0 Å². The molecule has 1 heterocycles. The van der Waals surface area contributed by atoms with Gasteiger partial charge in [-0.25, -0.2) is 0 Å². The molecule has 0 aromatic carbocycles. The van der Waals surface area contributed by atoms with Crippen molar-refractivity contribution < 1.29 is 0 Å². The van der Waals surface area contributed by atoms with E-state index in [9.17, 15) is 0 Å². The summed E-state index contributed by atoms with van der Waals surface area (Å²) in [6.45, 7) is 17.5. The van der Waals surface area contributed by atoms with Crippen molar-refractivity contribution in [3.05, 3.63) is 0 Å². The second-order valence-electron chi connectivity index (χ2n) is 7.20. The normalized spacial score (nSPS) is 23.6. The lowest BCUT2D eigenvalue weighted by Gasteiger charge is -2.28. The fraction of sp³-hybridized carbons (Fsp3) is 1.00. The molecule has 1 saturated heterocycles. The second-order valence-corrected chi connectivity index (χ2v) is 7.20. The number of nitrogens with zero attached hydrogens (tertiary/aromatic N) is 1. The van der Waals surface area contributed by atoms with E-state index in [0.717, 1.165) is 12.6 Å². The summed E-state index contributed by atoms with van der Waals surface area (Å²) in [6, 6.07) is 0.719. The van der Waals surface area contributed by atoms with Crippen LogP contribution in [0.4, 0.5) is 0 Å². The number of hydrogen-bond donors (Lipinski definition) is 1. The van der Waals surface area contributed by atoms with E-state index in [1.165, 1.54) is 25.9 Å². The van der Waals surface area contributed by atoms with Crippen LogP contribution in [0.2, 0.25) is 0 Å². The van der Waals surface area contributed by atoms with Gasteiger partial charge in [0.1, 0.15) is 0 Å². The molecule has 2 heteroatoms. The van der Waals surface area contributed by atoms with Gasteiger partial charge in [0, 0.05) is 18.1 Å². The summed E-state index contributed by atoms with van der Waals surface area (Å²) in [4.78, 5) is 2.64. The average molecular weight is 226 g/mol. The van der Waals surface area contributed by atoms with E-state index < -0.39 is 0 Å². The maximum absolute atomic E-state index is 3.57. The van der Waals surface area contributed by atoms with Gasteiger partial charge in [-0.2, -0.15) is 0 Å². The van der Waals surface area contributed by atoms with Crippen LogP contribution >= 0.6 is 0 Å². The summed E-state index contributed by atoms with van der Waals surface area (Å²) in [6.07, 6.45) is 2.61. The zero-order valence-corrected chi connectivity index (χ0v) is 12.1. The molecule has 0 aromatic heterocycles. The Morgan fingerprint density at radius 2 is 1.94 bits per heavy atom. The first-order valence-electron chi connectivity index (χ1n) is 6.69. The molecule has 1 aliphatic heterocycles. The van der Waals surface area contributed by atoms with Crippen molar-refractivity contribution >= 4 is 0 Å². The molecule has 16 heavy (non-hydrogen) atoms. The maximum atomic E-state index is 3.57. The number of hydrogen-bond acceptors (Lipinski definition) is 2. The fourth-order valence-corrected chi connectivity index (χ4v) is 2.37. The smallest absolute Gasteiger partial charge is 0.00965 e. The van der Waals surface area contributed by atoms with Gasteiger partial charge in [0.05, 0.1) is 0 Å². The Balaban J connectivity index is 2.24. The van der Waals surface area contributed by atoms with Crippen LogP contribution in [0.15, 0.2) is 0 Å². The van der Waals surface area contributed by atoms with Crippen LogP contribution in [0.3, 0.4) is 0 Å². The van der Waals surface area contributed by atoms with Crippen molar-refractivity contribution in [1.82, 2.24) is 10.2 Å². The number of likely N-dealkylation sites (tertiary alicyclic amines) is 1. The van der Waals surface area contributed by atoms with E-state index in [4.69, 9.17) is 0 Å². The lowest BCUT2D eigenvalue weighted by molar-refractivity contribution is 0.216. The molecule has 0 spiro atoms. The highest BCUT2D eigenvalue weighted by molar-refractivity contribution is 4.85. The third-order valence-electron chi connectivity index (χ3n) is 3.55. The van der Waals surface area contributed by atoms with Gasteiger partial charge < -0.3 is 10.2 Å². The molecule has 0 amide bonds. The first-order chi connectivity index (χ1) is 7.20. The van der Waals surface area contributed by atoms with E-state index in [1.54, 1.807) is 0 Å². The number of rotatable bonds is 4. The maximum Gasteiger partial charge on any atom is 0.00965 e. The van der Waals surface area contributed by atoms with Crippen LogP contribution in [-0.4, -0.2) is 36.1 Å². The molecule has 1 unspecified atom stereocenters. The molecule has 1 rings (SSSR count). The molecule has 96 valence electrons. The van der Waals surface area contributed by atoms with Crippen molar-refractivity contribution in [2.75, 3.05) is 19.6 Å². The topological polar surface area (TPSA) is 15.3 Å². The van der Waals surface area contributed by atoms with Crippen LogP contribution in [-0.2, 0) is 0 Å². The van der Waals surface area contributed by atoms with Crippen LogP contribution < -0.4 is 5.32 Å². The zero-order chi connectivity index (χ0) is 12.4. The van der Waals surface area contributed by atoms with E-state index >= 15 is 0 Å². The molecule has 1 N–H and O–H groups in total. The Kier molecular flexibility index (Phi) is 4.42. The summed E-state index contributed by atoms with van der Waals surface area (Å²) in [5.41, 5.74) is 0.787. The van der Waals surface area contributed by atoms with Crippen LogP contribution in [0.5, 0.6) is 0 Å². The lowest BCUT2D eigenvalue weighted by atomic mass is 9.93. The average Bonchev–Trinajstić information content (AvgIpc) is 2.43. The minimum absolute atomic E-state index is 0.254. The van der Waals surface area contributed by atoms with Crippen molar-refractivity contribution in [2.45, 2.75) is 66.0 Å². The summed E-state index contributed by atoms with van der Waals surface area (Å²) in [7, 11) is 0. The third kappa shape index (κ3) is 4.84. The molecule has 0 radical (unpaired) electrons. The summed E-state index contributed by atoms with van der Waals surface area (Å²) < 4.78 is 0. The monoisotopic (exact) mass is 226 g/mol. The van der Waals surface area contributed by atoms with Crippen LogP contribution in [0.25, 0.3) is 0 Å². The summed E-state index contributed by atoms with van der Waals surface area (Å²) >= 11 is 0. The predicted molar refractivity (Wildman–Crippen MR) is 71.8 cm³/mol. The van der Waals surface area contributed by atoms with Crippen molar-refractivity contribution in [3.8, 4) is 0 Å². The highest BCUT2D eigenvalue weighted by Crippen LogP contribution is 2.30. The molecule has 0 aliphatic carbocycles. The Hall–Kier alpha value is -0.0800. The minimum Gasteiger partial charge on any atom is -0.312 e. The quantitative estimate of drug-likeness (QED) is 0.793. The van der Waals surface area contributed by atoms with Gasteiger partial charge in [-0.15, -0.1) is 0 Å².